The van der Waals surface area contributed by atoms with Crippen LogP contribution < -0.4 is 4.74 Å². The molecule has 0 amide bonds. The van der Waals surface area contributed by atoms with Gasteiger partial charge in [-0.15, -0.1) is 0 Å². The molecule has 0 saturated heterocycles. The minimum atomic E-state index is -0.328. The maximum absolute atomic E-state index is 13.4. The Morgan fingerprint density at radius 2 is 2.00 bits per heavy atom. The summed E-state index contributed by atoms with van der Waals surface area (Å²) < 4.78 is 19.0. The minimum absolute atomic E-state index is 0.328. The van der Waals surface area contributed by atoms with Crippen molar-refractivity contribution < 1.29 is 9.13 Å². The molecule has 0 bridgehead atoms. The van der Waals surface area contributed by atoms with E-state index in [2.05, 4.69) is 6.58 Å². The fourth-order valence-electron chi connectivity index (χ4n) is 1.87. The number of benzene rings is 2. The van der Waals surface area contributed by atoms with Crippen LogP contribution in [0.2, 0.25) is 5.02 Å². The SMILES string of the molecule is C=Cc1ccc(OCC)c(-c2cc(F)ccc2Cl)c1. The van der Waals surface area contributed by atoms with Gasteiger partial charge in [0.1, 0.15) is 11.6 Å². The van der Waals surface area contributed by atoms with Crippen molar-refractivity contribution in [2.24, 2.45) is 0 Å². The highest BCUT2D eigenvalue weighted by molar-refractivity contribution is 6.33. The first-order valence-electron chi connectivity index (χ1n) is 6.00. The van der Waals surface area contributed by atoms with Crippen LogP contribution in [0.5, 0.6) is 5.75 Å². The standard InChI is InChI=1S/C16H14ClFO/c1-3-11-5-8-16(19-4-2)14(9-11)13-10-12(18)6-7-15(13)17/h3,5-10H,1,4H2,2H3. The van der Waals surface area contributed by atoms with Crippen molar-refractivity contribution in [2.75, 3.05) is 6.61 Å². The van der Waals surface area contributed by atoms with E-state index >= 15 is 0 Å². The number of hydrogen-bond donors (Lipinski definition) is 0. The van der Waals surface area contributed by atoms with Gasteiger partial charge in [0.05, 0.1) is 6.61 Å². The molecule has 0 aromatic heterocycles. The molecule has 0 aliphatic heterocycles. The van der Waals surface area contributed by atoms with Crippen molar-refractivity contribution >= 4 is 17.7 Å². The van der Waals surface area contributed by atoms with Crippen molar-refractivity contribution in [3.8, 4) is 16.9 Å². The zero-order valence-corrected chi connectivity index (χ0v) is 11.4. The zero-order valence-electron chi connectivity index (χ0n) is 10.6. The Kier molecular flexibility index (Phi) is 4.23. The van der Waals surface area contributed by atoms with Gasteiger partial charge >= 0.3 is 0 Å². The van der Waals surface area contributed by atoms with Crippen LogP contribution in [0.15, 0.2) is 43.0 Å². The molecular weight excluding hydrogens is 263 g/mol. The van der Waals surface area contributed by atoms with Gasteiger partial charge in [-0.1, -0.05) is 30.3 Å². The molecule has 3 heteroatoms. The number of halogens is 2. The lowest BCUT2D eigenvalue weighted by Gasteiger charge is -2.12. The van der Waals surface area contributed by atoms with Gasteiger partial charge in [0.2, 0.25) is 0 Å². The number of ether oxygens (including phenoxy) is 1. The second-order valence-corrected chi connectivity index (χ2v) is 4.42. The van der Waals surface area contributed by atoms with Crippen LogP contribution in [-0.2, 0) is 0 Å². The van der Waals surface area contributed by atoms with Crippen molar-refractivity contribution in [3.63, 3.8) is 0 Å². The molecule has 0 radical (unpaired) electrons. The van der Waals surface area contributed by atoms with Crippen LogP contribution >= 0.6 is 11.6 Å². The van der Waals surface area contributed by atoms with E-state index in [9.17, 15) is 4.39 Å². The van der Waals surface area contributed by atoms with Gasteiger partial charge in [-0.25, -0.2) is 4.39 Å². The second kappa shape index (κ2) is 5.89. The molecule has 0 aliphatic carbocycles. The van der Waals surface area contributed by atoms with E-state index in [4.69, 9.17) is 16.3 Å². The highest BCUT2D eigenvalue weighted by atomic mass is 35.5. The summed E-state index contributed by atoms with van der Waals surface area (Å²) >= 11 is 6.15. The van der Waals surface area contributed by atoms with Gasteiger partial charge in [0.15, 0.2) is 0 Å². The summed E-state index contributed by atoms with van der Waals surface area (Å²) in [7, 11) is 0. The van der Waals surface area contributed by atoms with Crippen LogP contribution in [0.3, 0.4) is 0 Å². The predicted molar refractivity (Wildman–Crippen MR) is 78.1 cm³/mol. The lowest BCUT2D eigenvalue weighted by molar-refractivity contribution is 0.341. The van der Waals surface area contributed by atoms with E-state index in [-0.39, 0.29) is 5.82 Å². The molecule has 0 N–H and O–H groups in total. The zero-order chi connectivity index (χ0) is 13.8. The second-order valence-electron chi connectivity index (χ2n) is 4.02. The highest BCUT2D eigenvalue weighted by Gasteiger charge is 2.11. The molecule has 0 atom stereocenters. The van der Waals surface area contributed by atoms with Crippen molar-refractivity contribution in [3.05, 3.63) is 59.4 Å². The van der Waals surface area contributed by atoms with Gasteiger partial charge in [-0.2, -0.15) is 0 Å². The summed E-state index contributed by atoms with van der Waals surface area (Å²) in [6.45, 7) is 6.17. The number of rotatable bonds is 4. The normalized spacial score (nSPS) is 10.3. The molecule has 2 aromatic carbocycles. The summed E-state index contributed by atoms with van der Waals surface area (Å²) in [5.41, 5.74) is 2.32. The maximum atomic E-state index is 13.4. The molecule has 2 rings (SSSR count). The molecule has 98 valence electrons. The van der Waals surface area contributed by atoms with Crippen molar-refractivity contribution in [1.29, 1.82) is 0 Å². The topological polar surface area (TPSA) is 9.23 Å². The van der Waals surface area contributed by atoms with Crippen LogP contribution in [0.4, 0.5) is 4.39 Å². The Hall–Kier alpha value is -1.80. The minimum Gasteiger partial charge on any atom is -0.493 e. The summed E-state index contributed by atoms with van der Waals surface area (Å²) in [4.78, 5) is 0. The summed E-state index contributed by atoms with van der Waals surface area (Å²) in [6, 6.07) is 9.92. The number of hydrogen-bond acceptors (Lipinski definition) is 1. The Morgan fingerprint density at radius 3 is 2.68 bits per heavy atom. The Balaban J connectivity index is 2.63. The largest absolute Gasteiger partial charge is 0.493 e. The van der Waals surface area contributed by atoms with Crippen LogP contribution in [-0.4, -0.2) is 6.61 Å². The first-order chi connectivity index (χ1) is 9.15. The highest BCUT2D eigenvalue weighted by Crippen LogP contribution is 2.36. The molecular formula is C16H14ClFO. The fraction of sp³-hybridized carbons (Fsp3) is 0.125. The monoisotopic (exact) mass is 276 g/mol. The Bertz CT molecular complexity index is 608. The summed E-state index contributed by atoms with van der Waals surface area (Å²) in [5.74, 6) is 0.353. The van der Waals surface area contributed by atoms with E-state index in [1.165, 1.54) is 12.1 Å². The first kappa shape index (κ1) is 13.6. The van der Waals surface area contributed by atoms with Gasteiger partial charge in [-0.05, 0) is 42.8 Å². The maximum Gasteiger partial charge on any atom is 0.127 e. The molecule has 0 unspecified atom stereocenters. The van der Waals surface area contributed by atoms with E-state index in [1.807, 2.05) is 25.1 Å². The Labute approximate surface area is 117 Å². The van der Waals surface area contributed by atoms with Crippen LogP contribution in [0, 0.1) is 5.82 Å². The third-order valence-electron chi connectivity index (χ3n) is 2.76. The summed E-state index contributed by atoms with van der Waals surface area (Å²) in [5, 5.41) is 0.489. The Morgan fingerprint density at radius 1 is 1.21 bits per heavy atom. The third kappa shape index (κ3) is 2.96. The van der Waals surface area contributed by atoms with Crippen molar-refractivity contribution in [1.82, 2.24) is 0 Å². The molecule has 0 fully saturated rings. The third-order valence-corrected chi connectivity index (χ3v) is 3.09. The van der Waals surface area contributed by atoms with E-state index in [0.29, 0.717) is 22.9 Å². The molecule has 2 aromatic rings. The molecule has 0 aliphatic rings. The first-order valence-corrected chi connectivity index (χ1v) is 6.38. The molecule has 0 spiro atoms. The molecule has 1 nitrogen and oxygen atoms in total. The van der Waals surface area contributed by atoms with Crippen LogP contribution in [0.1, 0.15) is 12.5 Å². The smallest absolute Gasteiger partial charge is 0.127 e. The van der Waals surface area contributed by atoms with Gasteiger partial charge in [0, 0.05) is 16.1 Å². The van der Waals surface area contributed by atoms with Crippen molar-refractivity contribution in [2.45, 2.75) is 6.92 Å². The predicted octanol–water partition coefficient (Wildman–Crippen LogP) is 5.19. The van der Waals surface area contributed by atoms with E-state index < -0.39 is 0 Å². The lowest BCUT2D eigenvalue weighted by Crippen LogP contribution is -1.95. The molecule has 0 heterocycles. The average molecular weight is 277 g/mol. The van der Waals surface area contributed by atoms with E-state index in [0.717, 1.165) is 11.1 Å². The quantitative estimate of drug-likeness (QED) is 0.747. The lowest BCUT2D eigenvalue weighted by atomic mass is 10.0. The van der Waals surface area contributed by atoms with Gasteiger partial charge in [-0.3, -0.25) is 0 Å². The van der Waals surface area contributed by atoms with Crippen LogP contribution in [0.25, 0.3) is 17.2 Å². The fourth-order valence-corrected chi connectivity index (χ4v) is 2.09. The van der Waals surface area contributed by atoms with Gasteiger partial charge in [0.25, 0.3) is 0 Å². The average Bonchev–Trinajstić information content (AvgIpc) is 2.42. The molecule has 0 saturated carbocycles. The molecule has 19 heavy (non-hydrogen) atoms. The van der Waals surface area contributed by atoms with E-state index in [1.54, 1.807) is 12.1 Å². The summed E-state index contributed by atoms with van der Waals surface area (Å²) in [6.07, 6.45) is 1.73. The van der Waals surface area contributed by atoms with Gasteiger partial charge < -0.3 is 4.74 Å².